The molecule has 0 unspecified atom stereocenters. The number of carbonyl (C=O) groups excluding carboxylic acids is 1. The molecule has 0 aliphatic carbocycles. The monoisotopic (exact) mass is 246 g/mol. The van der Waals surface area contributed by atoms with Crippen molar-refractivity contribution in [2.75, 3.05) is 20.2 Å². The van der Waals surface area contributed by atoms with Crippen molar-refractivity contribution >= 4 is 5.91 Å². The summed E-state index contributed by atoms with van der Waals surface area (Å²) in [7, 11) is 1.62. The summed E-state index contributed by atoms with van der Waals surface area (Å²) in [6.07, 6.45) is 1.12. The molecule has 0 radical (unpaired) electrons. The van der Waals surface area contributed by atoms with E-state index in [1.54, 1.807) is 12.0 Å². The third-order valence-corrected chi connectivity index (χ3v) is 2.78. The average molecular weight is 246 g/mol. The molecule has 4 heteroatoms. The third kappa shape index (κ3) is 4.10. The lowest BCUT2D eigenvalue weighted by Gasteiger charge is -2.16. The van der Waals surface area contributed by atoms with Gasteiger partial charge in [-0.05, 0) is 31.0 Å². The van der Waals surface area contributed by atoms with Crippen molar-refractivity contribution in [2.45, 2.75) is 19.8 Å². The van der Waals surface area contributed by atoms with Gasteiger partial charge in [-0.15, -0.1) is 0 Å². The van der Waals surface area contributed by atoms with Crippen LogP contribution in [0.3, 0.4) is 0 Å². The molecule has 4 nitrogen and oxygen atoms in total. The van der Waals surface area contributed by atoms with Crippen molar-refractivity contribution in [2.24, 2.45) is 0 Å². The Morgan fingerprint density at radius 3 is 2.56 bits per heavy atom. The highest BCUT2D eigenvalue weighted by Gasteiger charge is 2.10. The highest BCUT2D eigenvalue weighted by atomic mass is 16.5. The Balaban J connectivity index is 2.48. The van der Waals surface area contributed by atoms with Gasteiger partial charge < -0.3 is 9.64 Å². The van der Waals surface area contributed by atoms with Gasteiger partial charge in [0, 0.05) is 13.0 Å². The fourth-order valence-corrected chi connectivity index (χ4v) is 1.66. The summed E-state index contributed by atoms with van der Waals surface area (Å²) >= 11 is 0. The molecule has 0 aromatic heterocycles. The van der Waals surface area contributed by atoms with Gasteiger partial charge in [0.25, 0.3) is 0 Å². The van der Waals surface area contributed by atoms with Gasteiger partial charge in [-0.2, -0.15) is 5.26 Å². The topological polar surface area (TPSA) is 53.3 Å². The van der Waals surface area contributed by atoms with E-state index in [4.69, 9.17) is 10.00 Å². The van der Waals surface area contributed by atoms with E-state index in [0.717, 1.165) is 11.3 Å². The molecule has 0 aliphatic heterocycles. The molecule has 0 spiro atoms. The molecular weight excluding hydrogens is 228 g/mol. The molecule has 1 aromatic carbocycles. The molecule has 0 heterocycles. The molecule has 18 heavy (non-hydrogen) atoms. The van der Waals surface area contributed by atoms with Crippen LogP contribution in [-0.4, -0.2) is 31.0 Å². The molecule has 0 saturated heterocycles. The quantitative estimate of drug-likeness (QED) is 0.721. The first-order valence-corrected chi connectivity index (χ1v) is 5.99. The van der Waals surface area contributed by atoms with E-state index in [1.807, 2.05) is 37.3 Å². The van der Waals surface area contributed by atoms with E-state index < -0.39 is 0 Å². The molecule has 1 rings (SSSR count). The van der Waals surface area contributed by atoms with Crippen molar-refractivity contribution in [1.82, 2.24) is 4.90 Å². The summed E-state index contributed by atoms with van der Waals surface area (Å²) in [5, 5.41) is 8.60. The van der Waals surface area contributed by atoms with E-state index in [1.165, 1.54) is 0 Å². The fourth-order valence-electron chi connectivity index (χ4n) is 1.66. The van der Waals surface area contributed by atoms with Gasteiger partial charge >= 0.3 is 0 Å². The summed E-state index contributed by atoms with van der Waals surface area (Å²) in [6, 6.07) is 9.67. The second-order valence-corrected chi connectivity index (χ2v) is 3.91. The number of hydrogen-bond donors (Lipinski definition) is 0. The Labute approximate surface area is 108 Å². The third-order valence-electron chi connectivity index (χ3n) is 2.78. The molecule has 0 bridgehead atoms. The van der Waals surface area contributed by atoms with E-state index in [9.17, 15) is 4.79 Å². The molecule has 1 amide bonds. The molecule has 0 saturated carbocycles. The van der Waals surface area contributed by atoms with Crippen LogP contribution in [0.4, 0.5) is 0 Å². The summed E-state index contributed by atoms with van der Waals surface area (Å²) in [6.45, 7) is 2.62. The van der Waals surface area contributed by atoms with Gasteiger partial charge in [-0.1, -0.05) is 12.1 Å². The lowest BCUT2D eigenvalue weighted by Crippen LogP contribution is -2.31. The minimum atomic E-state index is 0.0230. The Hall–Kier alpha value is -2.02. The predicted molar refractivity (Wildman–Crippen MR) is 69.2 cm³/mol. The van der Waals surface area contributed by atoms with Crippen LogP contribution in [0, 0.1) is 11.3 Å². The van der Waals surface area contributed by atoms with Crippen LogP contribution in [0.5, 0.6) is 5.75 Å². The van der Waals surface area contributed by atoms with Gasteiger partial charge in [0.15, 0.2) is 0 Å². The largest absolute Gasteiger partial charge is 0.497 e. The predicted octanol–water partition coefficient (Wildman–Crippen LogP) is 2.00. The molecular formula is C14H18N2O2. The van der Waals surface area contributed by atoms with E-state index in [-0.39, 0.29) is 12.5 Å². The number of methoxy groups -OCH3 is 1. The zero-order valence-electron chi connectivity index (χ0n) is 10.8. The van der Waals surface area contributed by atoms with Crippen molar-refractivity contribution in [3.05, 3.63) is 29.8 Å². The number of amides is 1. The summed E-state index contributed by atoms with van der Waals surface area (Å²) in [5.41, 5.74) is 1.09. The van der Waals surface area contributed by atoms with Crippen LogP contribution in [0.15, 0.2) is 24.3 Å². The van der Waals surface area contributed by atoms with E-state index in [0.29, 0.717) is 19.4 Å². The van der Waals surface area contributed by atoms with Crippen LogP contribution in [0.25, 0.3) is 0 Å². The van der Waals surface area contributed by atoms with Gasteiger partial charge in [0.1, 0.15) is 12.3 Å². The number of hydrogen-bond acceptors (Lipinski definition) is 3. The van der Waals surface area contributed by atoms with Gasteiger partial charge in [0.2, 0.25) is 5.91 Å². The van der Waals surface area contributed by atoms with Crippen LogP contribution >= 0.6 is 0 Å². The van der Waals surface area contributed by atoms with Crippen LogP contribution in [0.2, 0.25) is 0 Å². The van der Waals surface area contributed by atoms with Crippen molar-refractivity contribution in [3.63, 3.8) is 0 Å². The minimum absolute atomic E-state index is 0.0230. The lowest BCUT2D eigenvalue weighted by atomic mass is 10.1. The number of benzene rings is 1. The molecule has 96 valence electrons. The molecule has 0 N–H and O–H groups in total. The first-order chi connectivity index (χ1) is 8.71. The normalized spacial score (nSPS) is 9.61. The highest BCUT2D eigenvalue weighted by Crippen LogP contribution is 2.13. The minimum Gasteiger partial charge on any atom is -0.497 e. The second kappa shape index (κ2) is 7.33. The standard InChI is InChI=1S/C14H18N2O2/c1-3-16(11-10-15)14(17)9-6-12-4-7-13(18-2)8-5-12/h4-5,7-8H,3,6,9,11H2,1-2H3. The number of rotatable bonds is 6. The van der Waals surface area contributed by atoms with Gasteiger partial charge in [0.05, 0.1) is 13.2 Å². The maximum absolute atomic E-state index is 11.8. The van der Waals surface area contributed by atoms with Gasteiger partial charge in [-0.3, -0.25) is 4.79 Å². The number of aryl methyl sites for hydroxylation is 1. The average Bonchev–Trinajstić information content (AvgIpc) is 2.42. The molecule has 0 aliphatic rings. The summed E-state index contributed by atoms with van der Waals surface area (Å²) in [4.78, 5) is 13.4. The Morgan fingerprint density at radius 1 is 1.39 bits per heavy atom. The fraction of sp³-hybridized carbons (Fsp3) is 0.429. The highest BCUT2D eigenvalue weighted by molar-refractivity contribution is 5.76. The zero-order chi connectivity index (χ0) is 13.4. The van der Waals surface area contributed by atoms with Gasteiger partial charge in [-0.25, -0.2) is 0 Å². The molecule has 0 atom stereocenters. The number of ether oxygens (including phenoxy) is 1. The van der Waals surface area contributed by atoms with E-state index >= 15 is 0 Å². The van der Waals surface area contributed by atoms with Crippen molar-refractivity contribution < 1.29 is 9.53 Å². The Bertz CT molecular complexity index is 420. The Kier molecular flexibility index (Phi) is 5.72. The smallest absolute Gasteiger partial charge is 0.223 e. The molecule has 1 aromatic rings. The summed E-state index contributed by atoms with van der Waals surface area (Å²) in [5.74, 6) is 0.833. The number of nitriles is 1. The van der Waals surface area contributed by atoms with Crippen LogP contribution in [0.1, 0.15) is 18.9 Å². The van der Waals surface area contributed by atoms with E-state index in [2.05, 4.69) is 0 Å². The zero-order valence-corrected chi connectivity index (χ0v) is 10.8. The van der Waals surface area contributed by atoms with Crippen molar-refractivity contribution in [1.29, 1.82) is 5.26 Å². The number of nitrogens with zero attached hydrogens (tertiary/aromatic N) is 2. The second-order valence-electron chi connectivity index (χ2n) is 3.91. The first-order valence-electron chi connectivity index (χ1n) is 5.99. The first kappa shape index (κ1) is 14.0. The summed E-state index contributed by atoms with van der Waals surface area (Å²) < 4.78 is 5.07. The van der Waals surface area contributed by atoms with Crippen molar-refractivity contribution in [3.8, 4) is 11.8 Å². The Morgan fingerprint density at radius 2 is 2.06 bits per heavy atom. The van der Waals surface area contributed by atoms with Crippen LogP contribution in [-0.2, 0) is 11.2 Å². The number of carbonyl (C=O) groups is 1. The SMILES string of the molecule is CCN(CC#N)C(=O)CCc1ccc(OC)cc1. The molecule has 0 fully saturated rings. The maximum atomic E-state index is 11.8. The maximum Gasteiger partial charge on any atom is 0.223 e. The lowest BCUT2D eigenvalue weighted by molar-refractivity contribution is -0.130. The van der Waals surface area contributed by atoms with Crippen LogP contribution < -0.4 is 4.74 Å².